The van der Waals surface area contributed by atoms with Crippen molar-refractivity contribution in [3.05, 3.63) is 72.2 Å². The Labute approximate surface area is 162 Å². The Morgan fingerprint density at radius 1 is 1.18 bits per heavy atom. The first kappa shape index (κ1) is 17.7. The number of amides is 1. The van der Waals surface area contributed by atoms with E-state index >= 15 is 0 Å². The molecule has 4 rings (SSSR count). The molecule has 1 amide bonds. The van der Waals surface area contributed by atoms with Crippen molar-refractivity contribution in [2.75, 3.05) is 12.4 Å². The first-order valence-corrected chi connectivity index (χ1v) is 8.96. The number of aromatic nitrogens is 3. The molecule has 0 atom stereocenters. The molecule has 6 heteroatoms. The van der Waals surface area contributed by atoms with Crippen molar-refractivity contribution in [2.24, 2.45) is 0 Å². The number of aromatic amines is 1. The molecule has 3 heterocycles. The molecule has 2 N–H and O–H groups in total. The molecule has 0 aliphatic heterocycles. The summed E-state index contributed by atoms with van der Waals surface area (Å²) < 4.78 is 5.35. The van der Waals surface area contributed by atoms with Crippen LogP contribution in [-0.4, -0.2) is 28.0 Å². The van der Waals surface area contributed by atoms with Crippen molar-refractivity contribution in [3.8, 4) is 17.0 Å². The molecule has 0 aliphatic rings. The van der Waals surface area contributed by atoms with Crippen LogP contribution in [0.2, 0.25) is 0 Å². The van der Waals surface area contributed by atoms with Crippen LogP contribution in [-0.2, 0) is 11.2 Å². The molecule has 0 unspecified atom stereocenters. The highest BCUT2D eigenvalue weighted by molar-refractivity contribution is 5.96. The number of aryl methyl sites for hydroxylation is 1. The van der Waals surface area contributed by atoms with E-state index in [0.29, 0.717) is 5.88 Å². The van der Waals surface area contributed by atoms with E-state index in [1.54, 1.807) is 19.5 Å². The van der Waals surface area contributed by atoms with Crippen LogP contribution >= 0.6 is 0 Å². The normalized spacial score (nSPS) is 10.8. The van der Waals surface area contributed by atoms with Gasteiger partial charge in [0, 0.05) is 40.8 Å². The van der Waals surface area contributed by atoms with E-state index in [2.05, 4.69) is 20.3 Å². The minimum Gasteiger partial charge on any atom is -0.481 e. The van der Waals surface area contributed by atoms with Crippen LogP contribution in [0, 0.1) is 6.92 Å². The highest BCUT2D eigenvalue weighted by Gasteiger charge is 2.13. The smallest absolute Gasteiger partial charge is 0.228 e. The summed E-state index contributed by atoms with van der Waals surface area (Å²) in [5, 5.41) is 3.88. The highest BCUT2D eigenvalue weighted by Crippen LogP contribution is 2.30. The number of anilines is 1. The largest absolute Gasteiger partial charge is 0.481 e. The Balaban J connectivity index is 1.63. The summed E-state index contributed by atoms with van der Waals surface area (Å²) in [5.74, 6) is 0.470. The Kier molecular flexibility index (Phi) is 4.76. The maximum absolute atomic E-state index is 12.6. The fourth-order valence-electron chi connectivity index (χ4n) is 3.21. The van der Waals surface area contributed by atoms with Gasteiger partial charge in [-0.05, 0) is 42.3 Å². The maximum Gasteiger partial charge on any atom is 0.228 e. The maximum atomic E-state index is 12.6. The van der Waals surface area contributed by atoms with E-state index in [4.69, 9.17) is 4.74 Å². The number of benzene rings is 1. The lowest BCUT2D eigenvalue weighted by molar-refractivity contribution is -0.115. The molecule has 0 radical (unpaired) electrons. The third kappa shape index (κ3) is 3.44. The van der Waals surface area contributed by atoms with Crippen molar-refractivity contribution >= 4 is 22.6 Å². The molecular formula is C22H20N4O2. The number of hydrogen-bond donors (Lipinski definition) is 2. The molecule has 0 spiro atoms. The molecular weight excluding hydrogens is 352 g/mol. The van der Waals surface area contributed by atoms with Gasteiger partial charge in [-0.3, -0.25) is 4.79 Å². The third-order valence-corrected chi connectivity index (χ3v) is 4.66. The van der Waals surface area contributed by atoms with Gasteiger partial charge in [0.25, 0.3) is 0 Å². The van der Waals surface area contributed by atoms with Gasteiger partial charge in [-0.15, -0.1) is 0 Å². The average molecular weight is 372 g/mol. The molecule has 6 nitrogen and oxygen atoms in total. The fraction of sp³-hybridized carbons (Fsp3) is 0.136. The zero-order valence-corrected chi connectivity index (χ0v) is 15.7. The van der Waals surface area contributed by atoms with E-state index < -0.39 is 0 Å². The number of pyridine rings is 2. The molecule has 28 heavy (non-hydrogen) atoms. The van der Waals surface area contributed by atoms with E-state index in [-0.39, 0.29) is 12.3 Å². The van der Waals surface area contributed by atoms with Gasteiger partial charge < -0.3 is 15.0 Å². The fourth-order valence-corrected chi connectivity index (χ4v) is 3.21. The van der Waals surface area contributed by atoms with Gasteiger partial charge in [0.1, 0.15) is 5.65 Å². The monoisotopic (exact) mass is 372 g/mol. The molecule has 1 aromatic carbocycles. The van der Waals surface area contributed by atoms with Crippen LogP contribution < -0.4 is 10.1 Å². The van der Waals surface area contributed by atoms with Crippen LogP contribution in [0.1, 0.15) is 11.1 Å². The Morgan fingerprint density at radius 2 is 2.04 bits per heavy atom. The predicted octanol–water partition coefficient (Wildman–Crippen LogP) is 4.12. The minimum absolute atomic E-state index is 0.0699. The van der Waals surface area contributed by atoms with Crippen molar-refractivity contribution in [2.45, 2.75) is 13.3 Å². The second-order valence-electron chi connectivity index (χ2n) is 6.53. The Bertz CT molecular complexity index is 1150. The first-order valence-electron chi connectivity index (χ1n) is 8.96. The predicted molar refractivity (Wildman–Crippen MR) is 109 cm³/mol. The number of H-pyrrole nitrogens is 1. The van der Waals surface area contributed by atoms with Crippen LogP contribution in [0.25, 0.3) is 22.2 Å². The first-order chi connectivity index (χ1) is 13.7. The molecule has 0 saturated heterocycles. The average Bonchev–Trinajstić information content (AvgIpc) is 3.11. The van der Waals surface area contributed by atoms with Crippen LogP contribution in [0.4, 0.5) is 5.69 Å². The lowest BCUT2D eigenvalue weighted by Crippen LogP contribution is -2.14. The lowest BCUT2D eigenvalue weighted by atomic mass is 10.1. The molecule has 3 aromatic heterocycles. The number of ether oxygens (including phenoxy) is 1. The van der Waals surface area contributed by atoms with Gasteiger partial charge in [-0.2, -0.15) is 0 Å². The van der Waals surface area contributed by atoms with Gasteiger partial charge in [0.15, 0.2) is 0 Å². The number of carbonyl (C=O) groups is 1. The number of nitrogens with zero attached hydrogens (tertiary/aromatic N) is 2. The van der Waals surface area contributed by atoms with Gasteiger partial charge in [-0.25, -0.2) is 9.97 Å². The lowest BCUT2D eigenvalue weighted by Gasteiger charge is -2.08. The summed E-state index contributed by atoms with van der Waals surface area (Å²) in [5.41, 5.74) is 5.23. The van der Waals surface area contributed by atoms with Crippen molar-refractivity contribution < 1.29 is 9.53 Å². The Morgan fingerprint density at radius 3 is 2.86 bits per heavy atom. The molecule has 140 valence electrons. The molecule has 4 aromatic rings. The van der Waals surface area contributed by atoms with Crippen molar-refractivity contribution in [1.29, 1.82) is 0 Å². The quantitative estimate of drug-likeness (QED) is 0.552. The number of rotatable bonds is 5. The summed E-state index contributed by atoms with van der Waals surface area (Å²) in [6.45, 7) is 1.97. The van der Waals surface area contributed by atoms with Gasteiger partial charge in [0.2, 0.25) is 11.8 Å². The van der Waals surface area contributed by atoms with Crippen LogP contribution in [0.3, 0.4) is 0 Å². The standard InChI is InChI=1S/C22H20N4O2/c1-14-6-3-4-8-19(14)26-20(27)11-16-13-25-21-18(16)10-15(12-24-21)17-7-5-9-23-22(17)28-2/h3-10,12-13H,11H2,1-2H3,(H,24,25)(H,26,27). The summed E-state index contributed by atoms with van der Waals surface area (Å²) in [6, 6.07) is 13.5. The molecule has 0 bridgehead atoms. The number of methoxy groups -OCH3 is 1. The number of carbonyl (C=O) groups excluding carboxylic acids is 1. The summed E-state index contributed by atoms with van der Waals surface area (Å²) in [6.07, 6.45) is 5.55. The van der Waals surface area contributed by atoms with Crippen molar-refractivity contribution in [1.82, 2.24) is 15.0 Å². The zero-order chi connectivity index (χ0) is 19.5. The van der Waals surface area contributed by atoms with E-state index in [1.165, 1.54) is 0 Å². The van der Waals surface area contributed by atoms with E-state index in [9.17, 15) is 4.79 Å². The molecule has 0 saturated carbocycles. The van der Waals surface area contributed by atoms with E-state index in [1.807, 2.05) is 55.6 Å². The second kappa shape index (κ2) is 7.52. The minimum atomic E-state index is -0.0699. The van der Waals surface area contributed by atoms with Gasteiger partial charge >= 0.3 is 0 Å². The van der Waals surface area contributed by atoms with Crippen LogP contribution in [0.5, 0.6) is 5.88 Å². The number of hydrogen-bond acceptors (Lipinski definition) is 4. The Hall–Kier alpha value is -3.67. The summed E-state index contributed by atoms with van der Waals surface area (Å²) in [7, 11) is 1.59. The summed E-state index contributed by atoms with van der Waals surface area (Å²) >= 11 is 0. The summed E-state index contributed by atoms with van der Waals surface area (Å²) in [4.78, 5) is 24.4. The number of fused-ring (bicyclic) bond motifs is 1. The number of para-hydroxylation sites is 1. The zero-order valence-electron chi connectivity index (χ0n) is 15.7. The third-order valence-electron chi connectivity index (χ3n) is 4.66. The topological polar surface area (TPSA) is 79.9 Å². The second-order valence-corrected chi connectivity index (χ2v) is 6.53. The molecule has 0 aliphatic carbocycles. The number of nitrogens with one attached hydrogen (secondary N) is 2. The SMILES string of the molecule is COc1ncccc1-c1cnc2[nH]cc(CC(=O)Nc3ccccc3C)c2c1. The van der Waals surface area contributed by atoms with Gasteiger partial charge in [0.05, 0.1) is 13.5 Å². The van der Waals surface area contributed by atoms with Crippen molar-refractivity contribution in [3.63, 3.8) is 0 Å². The molecule has 0 fully saturated rings. The van der Waals surface area contributed by atoms with Gasteiger partial charge in [-0.1, -0.05) is 18.2 Å². The van der Waals surface area contributed by atoms with E-state index in [0.717, 1.165) is 39.0 Å². The highest BCUT2D eigenvalue weighted by atomic mass is 16.5. The van der Waals surface area contributed by atoms with Crippen LogP contribution in [0.15, 0.2) is 61.1 Å².